The van der Waals surface area contributed by atoms with Crippen molar-refractivity contribution in [2.24, 2.45) is 0 Å². The van der Waals surface area contributed by atoms with E-state index in [4.69, 9.17) is 16.9 Å². The first-order chi connectivity index (χ1) is 10.2. The molecule has 0 amide bonds. The number of halogens is 1. The average molecular weight is 297 g/mol. The maximum atomic E-state index is 8.85. The van der Waals surface area contributed by atoms with Gasteiger partial charge in [0.05, 0.1) is 28.7 Å². The lowest BCUT2D eigenvalue weighted by Crippen LogP contribution is -2.05. The number of fused-ring (bicyclic) bond motifs is 1. The summed E-state index contributed by atoms with van der Waals surface area (Å²) in [6, 6.07) is 11.6. The molecule has 2 heterocycles. The van der Waals surface area contributed by atoms with E-state index in [2.05, 4.69) is 20.6 Å². The fourth-order valence-corrected chi connectivity index (χ4v) is 2.50. The first-order valence-electron chi connectivity index (χ1n) is 6.62. The normalized spacial score (nSPS) is 12.2. The Morgan fingerprint density at radius 2 is 2.05 bits per heavy atom. The highest BCUT2D eigenvalue weighted by molar-refractivity contribution is 6.20. The minimum Gasteiger partial charge on any atom is -0.322 e. The third-order valence-corrected chi connectivity index (χ3v) is 3.55. The fraction of sp³-hybridized carbons (Fsp3) is 0.188. The Hall–Kier alpha value is -2.38. The third-order valence-electron chi connectivity index (χ3n) is 3.36. The zero-order chi connectivity index (χ0) is 14.8. The zero-order valence-electron chi connectivity index (χ0n) is 11.5. The van der Waals surface area contributed by atoms with E-state index >= 15 is 0 Å². The highest BCUT2D eigenvalue weighted by atomic mass is 35.5. The number of nitrogens with zero attached hydrogens (tertiary/aromatic N) is 4. The first-order valence-corrected chi connectivity index (χ1v) is 7.06. The molecule has 0 radical (unpaired) electrons. The Morgan fingerprint density at radius 3 is 2.71 bits per heavy atom. The van der Waals surface area contributed by atoms with Gasteiger partial charge in [-0.05, 0) is 30.7 Å². The number of benzene rings is 1. The SMILES string of the molecule is CC(Cl)c1nc2cnccc2n1Cc1ccc(C#N)cc1. The van der Waals surface area contributed by atoms with Crippen molar-refractivity contribution >= 4 is 22.6 Å². The van der Waals surface area contributed by atoms with Crippen molar-refractivity contribution in [3.8, 4) is 6.07 Å². The molecule has 0 N–H and O–H groups in total. The van der Waals surface area contributed by atoms with Gasteiger partial charge >= 0.3 is 0 Å². The Bertz CT molecular complexity index is 812. The molecule has 0 fully saturated rings. The van der Waals surface area contributed by atoms with E-state index in [1.165, 1.54) is 0 Å². The molecule has 0 saturated carbocycles. The Kier molecular flexibility index (Phi) is 3.59. The number of aromatic nitrogens is 3. The summed E-state index contributed by atoms with van der Waals surface area (Å²) in [4.78, 5) is 8.66. The van der Waals surface area contributed by atoms with Crippen LogP contribution in [0.5, 0.6) is 0 Å². The van der Waals surface area contributed by atoms with Crippen LogP contribution in [0.3, 0.4) is 0 Å². The summed E-state index contributed by atoms with van der Waals surface area (Å²) in [6.45, 7) is 2.57. The van der Waals surface area contributed by atoms with Crippen LogP contribution in [0.1, 0.15) is 29.3 Å². The van der Waals surface area contributed by atoms with Gasteiger partial charge in [0.15, 0.2) is 0 Å². The maximum Gasteiger partial charge on any atom is 0.128 e. The van der Waals surface area contributed by atoms with Gasteiger partial charge in [0, 0.05) is 12.7 Å². The van der Waals surface area contributed by atoms with Crippen molar-refractivity contribution < 1.29 is 0 Å². The number of hydrogen-bond donors (Lipinski definition) is 0. The molecule has 104 valence electrons. The molecule has 0 aliphatic carbocycles. The summed E-state index contributed by atoms with van der Waals surface area (Å²) in [5, 5.41) is 8.67. The number of nitriles is 1. The topological polar surface area (TPSA) is 54.5 Å². The number of alkyl halides is 1. The van der Waals surface area contributed by atoms with Crippen LogP contribution in [0.25, 0.3) is 11.0 Å². The number of imidazole rings is 1. The molecule has 2 aromatic heterocycles. The summed E-state index contributed by atoms with van der Waals surface area (Å²) in [7, 11) is 0. The summed E-state index contributed by atoms with van der Waals surface area (Å²) in [6.07, 6.45) is 3.50. The number of pyridine rings is 1. The van der Waals surface area contributed by atoms with Gasteiger partial charge in [0.2, 0.25) is 0 Å². The molecule has 0 saturated heterocycles. The van der Waals surface area contributed by atoms with Crippen LogP contribution in [0, 0.1) is 11.3 Å². The van der Waals surface area contributed by atoms with Gasteiger partial charge in [-0.15, -0.1) is 11.6 Å². The van der Waals surface area contributed by atoms with Gasteiger partial charge in [-0.2, -0.15) is 5.26 Å². The summed E-state index contributed by atoms with van der Waals surface area (Å²) in [5.74, 6) is 0.823. The number of hydrogen-bond acceptors (Lipinski definition) is 3. The van der Waals surface area contributed by atoms with Gasteiger partial charge in [0.1, 0.15) is 11.3 Å². The van der Waals surface area contributed by atoms with E-state index in [1.54, 1.807) is 12.4 Å². The van der Waals surface area contributed by atoms with Gasteiger partial charge < -0.3 is 4.57 Å². The lowest BCUT2D eigenvalue weighted by atomic mass is 10.1. The van der Waals surface area contributed by atoms with Crippen molar-refractivity contribution in [2.45, 2.75) is 18.8 Å². The summed E-state index contributed by atoms with van der Waals surface area (Å²) >= 11 is 6.25. The van der Waals surface area contributed by atoms with Gasteiger partial charge in [-0.3, -0.25) is 4.98 Å². The van der Waals surface area contributed by atoms with Crippen LogP contribution >= 0.6 is 11.6 Å². The average Bonchev–Trinajstić information content (AvgIpc) is 2.87. The summed E-state index contributed by atoms with van der Waals surface area (Å²) < 4.78 is 2.09. The van der Waals surface area contributed by atoms with Crippen molar-refractivity contribution in [1.82, 2.24) is 14.5 Å². The molecule has 1 unspecified atom stereocenters. The lowest BCUT2D eigenvalue weighted by Gasteiger charge is -2.10. The molecule has 1 aromatic carbocycles. The molecule has 0 aliphatic rings. The third kappa shape index (κ3) is 2.61. The van der Waals surface area contributed by atoms with Crippen LogP contribution in [-0.2, 0) is 6.54 Å². The first kappa shape index (κ1) is 13.6. The Balaban J connectivity index is 2.06. The Labute approximate surface area is 127 Å². The van der Waals surface area contributed by atoms with Gasteiger partial charge in [-0.1, -0.05) is 12.1 Å². The van der Waals surface area contributed by atoms with E-state index in [-0.39, 0.29) is 5.38 Å². The minimum absolute atomic E-state index is 0.184. The van der Waals surface area contributed by atoms with E-state index < -0.39 is 0 Å². The smallest absolute Gasteiger partial charge is 0.128 e. The molecular weight excluding hydrogens is 284 g/mol. The zero-order valence-corrected chi connectivity index (χ0v) is 12.2. The second-order valence-corrected chi connectivity index (χ2v) is 5.50. The molecule has 21 heavy (non-hydrogen) atoms. The Morgan fingerprint density at radius 1 is 1.29 bits per heavy atom. The van der Waals surface area contributed by atoms with E-state index in [0.717, 1.165) is 22.4 Å². The van der Waals surface area contributed by atoms with Crippen LogP contribution in [0.4, 0.5) is 0 Å². The second-order valence-electron chi connectivity index (χ2n) is 4.85. The van der Waals surface area contributed by atoms with Crippen LogP contribution < -0.4 is 0 Å². The van der Waals surface area contributed by atoms with Crippen molar-refractivity contribution in [3.05, 3.63) is 59.7 Å². The molecule has 1 atom stereocenters. The molecule has 0 spiro atoms. The van der Waals surface area contributed by atoms with Crippen molar-refractivity contribution in [2.75, 3.05) is 0 Å². The van der Waals surface area contributed by atoms with Crippen LogP contribution in [0.15, 0.2) is 42.7 Å². The largest absolute Gasteiger partial charge is 0.322 e. The predicted molar refractivity (Wildman–Crippen MR) is 82.1 cm³/mol. The fourth-order valence-electron chi connectivity index (χ4n) is 2.34. The van der Waals surface area contributed by atoms with E-state index in [1.807, 2.05) is 37.3 Å². The molecule has 4 nitrogen and oxygen atoms in total. The lowest BCUT2D eigenvalue weighted by molar-refractivity contribution is 0.742. The molecule has 5 heteroatoms. The van der Waals surface area contributed by atoms with E-state index in [9.17, 15) is 0 Å². The van der Waals surface area contributed by atoms with Gasteiger partial charge in [-0.25, -0.2) is 4.98 Å². The van der Waals surface area contributed by atoms with E-state index in [0.29, 0.717) is 12.1 Å². The van der Waals surface area contributed by atoms with Crippen LogP contribution in [-0.4, -0.2) is 14.5 Å². The second kappa shape index (κ2) is 5.55. The molecular formula is C16H13ClN4. The highest BCUT2D eigenvalue weighted by Gasteiger charge is 2.15. The highest BCUT2D eigenvalue weighted by Crippen LogP contribution is 2.25. The molecule has 0 aliphatic heterocycles. The van der Waals surface area contributed by atoms with Crippen LogP contribution in [0.2, 0.25) is 0 Å². The minimum atomic E-state index is -0.184. The van der Waals surface area contributed by atoms with Crippen molar-refractivity contribution in [1.29, 1.82) is 5.26 Å². The molecule has 3 aromatic rings. The maximum absolute atomic E-state index is 8.85. The predicted octanol–water partition coefficient (Wildman–Crippen LogP) is 3.65. The molecule has 0 bridgehead atoms. The quantitative estimate of drug-likeness (QED) is 0.693. The summed E-state index contributed by atoms with van der Waals surface area (Å²) in [5.41, 5.74) is 3.61. The number of rotatable bonds is 3. The van der Waals surface area contributed by atoms with Crippen molar-refractivity contribution in [3.63, 3.8) is 0 Å². The monoisotopic (exact) mass is 296 g/mol. The van der Waals surface area contributed by atoms with Gasteiger partial charge in [0.25, 0.3) is 0 Å². The molecule has 3 rings (SSSR count). The standard InChI is InChI=1S/C16H13ClN4/c1-11(17)16-20-14-9-19-7-6-15(14)21(16)10-13-4-2-12(8-18)3-5-13/h2-7,9,11H,10H2,1H3.